The summed E-state index contributed by atoms with van der Waals surface area (Å²) >= 11 is 0. The minimum Gasteiger partial charge on any atom is -0.498 e. The number of rotatable bonds is 42. The Morgan fingerprint density at radius 1 is 0.295 bits per heavy atom. The van der Waals surface area contributed by atoms with Gasteiger partial charge in [-0.1, -0.05) is 148 Å². The first-order valence-electron chi connectivity index (χ1n) is 39.5. The van der Waals surface area contributed by atoms with Gasteiger partial charge in [0.15, 0.2) is 109 Å². The normalized spacial score (nSPS) is 11.3. The van der Waals surface area contributed by atoms with Crippen LogP contribution < -0.4 is 34.9 Å². The molecular formula is C88H128O34. The standard InChI is InChI=1S/C16H24O5.3C15H22O6.C14H20O5.C13H18O6/c1-10(2)11(3)7-16(5,6)8-14(17)19-9-13-12(4)20-15(18)21-13;2*1-9(2)10(3)21-15(5,6)7-13(16)18-8-12-11(4)19-14(17)20-12;1-9(2)10(3)19-8-15(5,6)13(16)18-7-12-11(4)20-14(17)21-12;1-9(2)10(3)6-5-7-13(15)17-8-12-11(4)18-14(16)19-12;1-8(2)9(3)16-6-5-12(14)17-7-11-10(4)18-13(15)19-11/h10H,3,7-9H2,1-2,4-6H3;3*9H,3,7-8H2,1-2,4-6H3;9H,3,5-8H2,1-2,4H3;8H,3,5-7H2,1-2,4H3. The molecule has 0 saturated heterocycles. The molecule has 34 nitrogen and oxygen atoms in total. The van der Waals surface area contributed by atoms with Crippen LogP contribution in [0.25, 0.3) is 0 Å². The number of allylic oxidation sites excluding steroid dienone is 6. The average molecular weight is 1730 g/mol. The zero-order valence-corrected chi connectivity index (χ0v) is 75.9. The lowest BCUT2D eigenvalue weighted by atomic mass is 9.80. The van der Waals surface area contributed by atoms with Crippen LogP contribution in [0.1, 0.15) is 259 Å². The highest BCUT2D eigenvalue weighted by atomic mass is 16.6. The SMILES string of the molecule is C=C(CC(C)(C)CC(=O)OCc1oc(=O)oc1C)C(C)C.C=C(CCCC(=O)OCc1oc(=O)oc1C)C(C)C.C=C(OC(C)(C)CC(=O)OCc1oc(=O)oc1C)C(C)C.C=C(OC(C)(C)CC(=O)OCc1oc(=O)oc1C)C(C)C.C=C(OCC(C)(C)C(=O)OCc1oc(=O)oc1C)C(C)C.C=C(OCCC(=O)OCc1oc(=O)oc1C)C(C)C. The molecule has 0 radical (unpaired) electrons. The van der Waals surface area contributed by atoms with Crippen LogP contribution in [0.5, 0.6) is 0 Å². The Kier molecular flexibility index (Phi) is 45.7. The Balaban J connectivity index is 0.000000732. The van der Waals surface area contributed by atoms with Crippen molar-refractivity contribution in [3.05, 3.63) is 206 Å². The summed E-state index contributed by atoms with van der Waals surface area (Å²) in [6.45, 7) is 70.7. The molecule has 34 heteroatoms. The van der Waals surface area contributed by atoms with E-state index in [4.69, 9.17) is 78.3 Å². The van der Waals surface area contributed by atoms with Crippen molar-refractivity contribution < 1.29 is 129 Å². The maximum Gasteiger partial charge on any atom is 0.519 e. The number of ether oxygens (including phenoxy) is 10. The number of hydrogen-bond acceptors (Lipinski definition) is 34. The van der Waals surface area contributed by atoms with Crippen LogP contribution >= 0.6 is 0 Å². The third-order valence-corrected chi connectivity index (χ3v) is 17.3. The van der Waals surface area contributed by atoms with E-state index in [2.05, 4.69) is 89.3 Å². The van der Waals surface area contributed by atoms with E-state index in [-0.39, 0.29) is 154 Å². The molecular weight excluding hydrogens is 1600 g/mol. The maximum absolute atomic E-state index is 12.1. The number of hydrogen-bond donors (Lipinski definition) is 0. The van der Waals surface area contributed by atoms with Gasteiger partial charge in [0, 0.05) is 30.1 Å². The van der Waals surface area contributed by atoms with E-state index in [1.165, 1.54) is 0 Å². The fraction of sp³-hybridized carbons (Fsp3) is 0.591. The third-order valence-electron chi connectivity index (χ3n) is 17.3. The molecule has 0 N–H and O–H groups in total. The summed E-state index contributed by atoms with van der Waals surface area (Å²) in [7, 11) is 0. The Morgan fingerprint density at radius 3 is 0.828 bits per heavy atom. The molecule has 684 valence electrons. The molecule has 0 unspecified atom stereocenters. The van der Waals surface area contributed by atoms with Gasteiger partial charge in [0.1, 0.15) is 17.8 Å². The first kappa shape index (κ1) is 109. The quantitative estimate of drug-likeness (QED) is 0.0149. The number of carbonyl (C=O) groups excluding carboxylic acids is 6. The van der Waals surface area contributed by atoms with Gasteiger partial charge >= 0.3 is 70.8 Å². The monoisotopic (exact) mass is 1730 g/mol. The van der Waals surface area contributed by atoms with Crippen LogP contribution in [0.4, 0.5) is 0 Å². The van der Waals surface area contributed by atoms with Gasteiger partial charge in [-0.05, 0) is 120 Å². The van der Waals surface area contributed by atoms with Gasteiger partial charge in [-0.15, -0.1) is 0 Å². The lowest BCUT2D eigenvalue weighted by molar-refractivity contribution is -0.159. The minimum absolute atomic E-state index is 0.0554. The molecule has 0 aliphatic carbocycles. The summed E-state index contributed by atoms with van der Waals surface area (Å²) in [4.78, 5) is 136. The van der Waals surface area contributed by atoms with Crippen molar-refractivity contribution in [1.82, 2.24) is 0 Å². The molecule has 122 heavy (non-hydrogen) atoms. The summed E-state index contributed by atoms with van der Waals surface area (Å²) in [5.41, 5.74) is -0.246. The summed E-state index contributed by atoms with van der Waals surface area (Å²) in [6.07, 6.45) is 3.11. The van der Waals surface area contributed by atoms with Crippen molar-refractivity contribution in [3.63, 3.8) is 0 Å². The molecule has 0 fully saturated rings. The first-order valence-corrected chi connectivity index (χ1v) is 39.5. The van der Waals surface area contributed by atoms with E-state index < -0.39 is 75.4 Å². The fourth-order valence-electron chi connectivity index (χ4n) is 9.06. The predicted molar refractivity (Wildman–Crippen MR) is 441 cm³/mol. The summed E-state index contributed by atoms with van der Waals surface area (Å²) in [5.74, 6) is -0.0255. The van der Waals surface area contributed by atoms with Crippen LogP contribution in [-0.4, -0.2) is 60.2 Å². The van der Waals surface area contributed by atoms with Gasteiger partial charge in [0.25, 0.3) is 0 Å². The second-order valence-corrected chi connectivity index (χ2v) is 32.8. The van der Waals surface area contributed by atoms with Gasteiger partial charge in [0.2, 0.25) is 0 Å². The largest absolute Gasteiger partial charge is 0.519 e. The van der Waals surface area contributed by atoms with Crippen molar-refractivity contribution in [2.45, 2.75) is 282 Å². The molecule has 0 aliphatic heterocycles. The van der Waals surface area contributed by atoms with E-state index in [9.17, 15) is 57.5 Å². The molecule has 6 rings (SSSR count). The van der Waals surface area contributed by atoms with Gasteiger partial charge < -0.3 is 100 Å². The Labute approximate surface area is 710 Å². The second kappa shape index (κ2) is 51.3. The topological polar surface area (TPSA) is 455 Å². The average Bonchev–Trinajstić information content (AvgIpc) is 1.84. The highest BCUT2D eigenvalue weighted by Gasteiger charge is 2.33. The number of aryl methyl sites for hydroxylation is 6. The molecule has 0 bridgehead atoms. The number of carbonyl (C=O) groups is 6. The van der Waals surface area contributed by atoms with E-state index in [1.54, 1.807) is 83.1 Å². The van der Waals surface area contributed by atoms with Crippen LogP contribution in [0, 0.1) is 87.9 Å². The molecule has 6 aromatic rings. The molecule has 0 atom stereocenters. The Bertz CT molecular complexity index is 4430. The zero-order valence-electron chi connectivity index (χ0n) is 75.9. The van der Waals surface area contributed by atoms with Crippen molar-refractivity contribution in [2.75, 3.05) is 13.2 Å². The molecule has 0 amide bonds. The van der Waals surface area contributed by atoms with Crippen molar-refractivity contribution in [2.24, 2.45) is 46.3 Å². The maximum atomic E-state index is 12.1. The van der Waals surface area contributed by atoms with Gasteiger partial charge in [-0.2, -0.15) is 0 Å². The van der Waals surface area contributed by atoms with E-state index in [0.29, 0.717) is 82.3 Å². The molecule has 0 aromatic carbocycles. The van der Waals surface area contributed by atoms with E-state index >= 15 is 0 Å². The van der Waals surface area contributed by atoms with Crippen LogP contribution in [0.15, 0.2) is 155 Å². The summed E-state index contributed by atoms with van der Waals surface area (Å²) < 4.78 is 109. The van der Waals surface area contributed by atoms with Crippen LogP contribution in [0.3, 0.4) is 0 Å². The highest BCUT2D eigenvalue weighted by molar-refractivity contribution is 5.76. The van der Waals surface area contributed by atoms with Crippen molar-refractivity contribution >= 4 is 35.8 Å². The Morgan fingerprint density at radius 2 is 0.557 bits per heavy atom. The summed E-state index contributed by atoms with van der Waals surface area (Å²) in [5, 5.41) is 0. The lowest BCUT2D eigenvalue weighted by Crippen LogP contribution is -2.31. The first-order chi connectivity index (χ1) is 56.2. The molecule has 6 heterocycles. The summed E-state index contributed by atoms with van der Waals surface area (Å²) in [6, 6.07) is 0. The van der Waals surface area contributed by atoms with Crippen LogP contribution in [0.2, 0.25) is 0 Å². The van der Waals surface area contributed by atoms with Crippen molar-refractivity contribution in [1.29, 1.82) is 0 Å². The molecule has 6 aromatic heterocycles. The highest BCUT2D eigenvalue weighted by Crippen LogP contribution is 2.33. The van der Waals surface area contributed by atoms with Gasteiger partial charge in [-0.3, -0.25) is 28.8 Å². The smallest absolute Gasteiger partial charge is 0.498 e. The van der Waals surface area contributed by atoms with Crippen molar-refractivity contribution in [3.8, 4) is 0 Å². The predicted octanol–water partition coefficient (Wildman–Crippen LogP) is 17.4. The van der Waals surface area contributed by atoms with E-state index in [1.807, 2.05) is 69.2 Å². The zero-order chi connectivity index (χ0) is 93.7. The molecule has 0 aliphatic rings. The van der Waals surface area contributed by atoms with E-state index in [0.717, 1.165) is 24.0 Å². The number of esters is 6. The van der Waals surface area contributed by atoms with Gasteiger partial charge in [0.05, 0.1) is 60.7 Å². The Hall–Kier alpha value is -11.5. The fourth-order valence-corrected chi connectivity index (χ4v) is 9.06. The second-order valence-electron chi connectivity index (χ2n) is 32.8. The van der Waals surface area contributed by atoms with Gasteiger partial charge in [-0.25, -0.2) is 28.8 Å². The molecule has 0 saturated carbocycles. The third kappa shape index (κ3) is 44.2. The van der Waals surface area contributed by atoms with Crippen LogP contribution in [-0.2, 0) is 116 Å². The molecule has 0 spiro atoms. The minimum atomic E-state index is -0.838. The lowest BCUT2D eigenvalue weighted by Gasteiger charge is -2.28.